The lowest BCUT2D eigenvalue weighted by Gasteiger charge is -2.12. The highest BCUT2D eigenvalue weighted by Crippen LogP contribution is 2.25. The van der Waals surface area contributed by atoms with E-state index in [-0.39, 0.29) is 18.1 Å². The summed E-state index contributed by atoms with van der Waals surface area (Å²) in [6, 6.07) is 15.9. The number of hydrogen-bond acceptors (Lipinski definition) is 5. The molecule has 0 unspecified atom stereocenters. The van der Waals surface area contributed by atoms with Gasteiger partial charge in [0.2, 0.25) is 0 Å². The number of fused-ring (bicyclic) bond motifs is 1. The Balaban J connectivity index is 1.56. The molecule has 0 bridgehead atoms. The lowest BCUT2D eigenvalue weighted by molar-refractivity contribution is 0.103. The molecule has 4 rings (SSSR count). The molecule has 0 spiro atoms. The molecule has 0 saturated carbocycles. The Morgan fingerprint density at radius 2 is 2.04 bits per heavy atom. The molecule has 0 aliphatic carbocycles. The summed E-state index contributed by atoms with van der Waals surface area (Å²) < 4.78 is 7.37. The first-order valence-electron chi connectivity index (χ1n) is 8.66. The zero-order valence-corrected chi connectivity index (χ0v) is 15.9. The molecule has 28 heavy (non-hydrogen) atoms. The topological polar surface area (TPSA) is 72.7 Å². The fourth-order valence-electron chi connectivity index (χ4n) is 2.82. The van der Waals surface area contributed by atoms with Crippen LogP contribution in [0.25, 0.3) is 5.65 Å². The number of para-hydroxylation sites is 2. The van der Waals surface area contributed by atoms with E-state index in [0.29, 0.717) is 27.7 Å². The molecular weight excluding hydrogens is 374 g/mol. The Morgan fingerprint density at radius 3 is 2.86 bits per heavy atom. The van der Waals surface area contributed by atoms with Gasteiger partial charge < -0.3 is 10.1 Å². The van der Waals surface area contributed by atoms with Crippen molar-refractivity contribution < 1.29 is 9.53 Å². The number of anilines is 1. The van der Waals surface area contributed by atoms with Crippen LogP contribution in [0, 0.1) is 6.92 Å². The molecule has 7 heteroatoms. The second-order valence-electron chi connectivity index (χ2n) is 6.19. The van der Waals surface area contributed by atoms with Crippen LogP contribution >= 0.6 is 11.3 Å². The third-order valence-electron chi connectivity index (χ3n) is 4.20. The lowest BCUT2D eigenvalue weighted by atomic mass is 10.2. The molecule has 0 fully saturated rings. The lowest BCUT2D eigenvalue weighted by Crippen LogP contribution is -2.17. The van der Waals surface area contributed by atoms with Crippen molar-refractivity contribution in [3.8, 4) is 5.75 Å². The number of nitrogens with zero attached hydrogens (tertiary/aromatic N) is 2. The van der Waals surface area contributed by atoms with E-state index in [1.54, 1.807) is 24.4 Å². The van der Waals surface area contributed by atoms with Gasteiger partial charge in [-0.1, -0.05) is 24.3 Å². The number of aromatic nitrogens is 2. The molecule has 0 atom stereocenters. The van der Waals surface area contributed by atoms with Crippen molar-refractivity contribution in [1.29, 1.82) is 0 Å². The van der Waals surface area contributed by atoms with Gasteiger partial charge >= 0.3 is 0 Å². The summed E-state index contributed by atoms with van der Waals surface area (Å²) in [4.78, 5) is 29.8. The van der Waals surface area contributed by atoms with E-state index in [9.17, 15) is 9.59 Å². The number of amides is 1. The standard InChI is InChI=1S/C21H17N3O3S/c1-14-6-4-10-24-19(25)12-15(22-20(14)24)13-27-17-8-3-2-7-16(17)23-21(26)18-9-5-11-28-18/h2-12H,13H2,1H3,(H,23,26). The van der Waals surface area contributed by atoms with Crippen LogP contribution in [-0.4, -0.2) is 15.3 Å². The Hall–Kier alpha value is -3.45. The van der Waals surface area contributed by atoms with Crippen molar-refractivity contribution in [3.05, 3.63) is 92.7 Å². The molecule has 0 radical (unpaired) electrons. The number of aryl methyl sites for hydroxylation is 1. The molecule has 140 valence electrons. The summed E-state index contributed by atoms with van der Waals surface area (Å²) in [5.41, 5.74) is 2.44. The smallest absolute Gasteiger partial charge is 0.265 e. The quantitative estimate of drug-likeness (QED) is 0.560. The van der Waals surface area contributed by atoms with Crippen LogP contribution in [0.5, 0.6) is 5.75 Å². The minimum atomic E-state index is -0.191. The van der Waals surface area contributed by atoms with Crippen LogP contribution in [0.1, 0.15) is 20.9 Å². The summed E-state index contributed by atoms with van der Waals surface area (Å²) in [6.07, 6.45) is 1.69. The minimum absolute atomic E-state index is 0.117. The number of pyridine rings is 1. The number of hydrogen-bond donors (Lipinski definition) is 1. The third-order valence-corrected chi connectivity index (χ3v) is 5.06. The van der Waals surface area contributed by atoms with Crippen LogP contribution in [0.2, 0.25) is 0 Å². The Kier molecular flexibility index (Phi) is 4.90. The van der Waals surface area contributed by atoms with E-state index in [1.165, 1.54) is 21.8 Å². The average Bonchev–Trinajstić information content (AvgIpc) is 3.23. The molecule has 0 aliphatic heterocycles. The first-order chi connectivity index (χ1) is 13.6. The van der Waals surface area contributed by atoms with Gasteiger partial charge in [-0.15, -0.1) is 11.3 Å². The van der Waals surface area contributed by atoms with Crippen molar-refractivity contribution in [1.82, 2.24) is 9.38 Å². The minimum Gasteiger partial charge on any atom is -0.485 e. The van der Waals surface area contributed by atoms with Crippen molar-refractivity contribution in [2.24, 2.45) is 0 Å². The highest BCUT2D eigenvalue weighted by atomic mass is 32.1. The van der Waals surface area contributed by atoms with E-state index in [4.69, 9.17) is 4.74 Å². The molecule has 1 aromatic carbocycles. The summed E-state index contributed by atoms with van der Waals surface area (Å²) in [7, 11) is 0. The van der Waals surface area contributed by atoms with Crippen LogP contribution in [0.3, 0.4) is 0 Å². The first kappa shape index (κ1) is 17.9. The SMILES string of the molecule is Cc1cccn2c(=O)cc(COc3ccccc3NC(=O)c3cccs3)nc12. The maximum Gasteiger partial charge on any atom is 0.265 e. The second kappa shape index (κ2) is 7.66. The van der Waals surface area contributed by atoms with Gasteiger partial charge in [0.15, 0.2) is 0 Å². The molecule has 3 heterocycles. The summed E-state index contributed by atoms with van der Waals surface area (Å²) >= 11 is 1.37. The van der Waals surface area contributed by atoms with E-state index in [0.717, 1.165) is 5.56 Å². The van der Waals surface area contributed by atoms with Gasteiger partial charge in [-0.25, -0.2) is 4.98 Å². The Morgan fingerprint density at radius 1 is 1.18 bits per heavy atom. The first-order valence-corrected chi connectivity index (χ1v) is 9.54. The van der Waals surface area contributed by atoms with Crippen molar-refractivity contribution in [2.75, 3.05) is 5.32 Å². The number of thiophene rings is 1. The predicted octanol–water partition coefficient (Wildman–Crippen LogP) is 3.90. The number of ether oxygens (including phenoxy) is 1. The Labute approximate surface area is 165 Å². The van der Waals surface area contributed by atoms with Gasteiger partial charge in [0.1, 0.15) is 18.0 Å². The summed E-state index contributed by atoms with van der Waals surface area (Å²) in [5.74, 6) is 0.322. The zero-order valence-electron chi connectivity index (χ0n) is 15.1. The summed E-state index contributed by atoms with van der Waals surface area (Å²) in [6.45, 7) is 2.02. The fourth-order valence-corrected chi connectivity index (χ4v) is 3.44. The third kappa shape index (κ3) is 3.65. The van der Waals surface area contributed by atoms with Crippen LogP contribution in [-0.2, 0) is 6.61 Å². The molecule has 0 saturated heterocycles. The van der Waals surface area contributed by atoms with Crippen LogP contribution < -0.4 is 15.6 Å². The van der Waals surface area contributed by atoms with Crippen molar-refractivity contribution in [3.63, 3.8) is 0 Å². The van der Waals surface area contributed by atoms with Gasteiger partial charge in [0, 0.05) is 12.3 Å². The number of nitrogens with one attached hydrogen (secondary N) is 1. The highest BCUT2D eigenvalue weighted by Gasteiger charge is 2.11. The van der Waals surface area contributed by atoms with E-state index < -0.39 is 0 Å². The normalized spacial score (nSPS) is 10.8. The maximum absolute atomic E-state index is 12.3. The monoisotopic (exact) mass is 391 g/mol. The van der Waals surface area contributed by atoms with Crippen molar-refractivity contribution in [2.45, 2.75) is 13.5 Å². The largest absolute Gasteiger partial charge is 0.485 e. The molecular formula is C21H17N3O3S. The molecule has 1 N–H and O–H groups in total. The van der Waals surface area contributed by atoms with Gasteiger partial charge in [-0.2, -0.15) is 0 Å². The van der Waals surface area contributed by atoms with E-state index >= 15 is 0 Å². The van der Waals surface area contributed by atoms with E-state index in [2.05, 4.69) is 10.3 Å². The molecule has 0 aliphatic rings. The average molecular weight is 391 g/mol. The van der Waals surface area contributed by atoms with Gasteiger partial charge in [0.05, 0.1) is 16.3 Å². The van der Waals surface area contributed by atoms with Crippen LogP contribution in [0.4, 0.5) is 5.69 Å². The predicted molar refractivity (Wildman–Crippen MR) is 109 cm³/mol. The van der Waals surface area contributed by atoms with Crippen molar-refractivity contribution >= 4 is 28.6 Å². The molecule has 6 nitrogen and oxygen atoms in total. The van der Waals surface area contributed by atoms with Gasteiger partial charge in [0.25, 0.3) is 11.5 Å². The van der Waals surface area contributed by atoms with Gasteiger partial charge in [-0.05, 0) is 42.1 Å². The number of carbonyl (C=O) groups is 1. The molecule has 1 amide bonds. The number of rotatable bonds is 5. The fraction of sp³-hybridized carbons (Fsp3) is 0.0952. The van der Waals surface area contributed by atoms with E-state index in [1.807, 2.05) is 42.6 Å². The Bertz CT molecular complexity index is 1200. The second-order valence-corrected chi connectivity index (χ2v) is 7.13. The zero-order chi connectivity index (χ0) is 19.5. The summed E-state index contributed by atoms with van der Waals surface area (Å²) in [5, 5.41) is 4.71. The molecule has 3 aromatic heterocycles. The molecule has 4 aromatic rings. The van der Waals surface area contributed by atoms with Gasteiger partial charge in [-0.3, -0.25) is 14.0 Å². The maximum atomic E-state index is 12.3. The highest BCUT2D eigenvalue weighted by molar-refractivity contribution is 7.12. The number of benzene rings is 1. The van der Waals surface area contributed by atoms with Crippen LogP contribution in [0.15, 0.2) is 71.0 Å². The number of carbonyl (C=O) groups excluding carboxylic acids is 1.